The lowest BCUT2D eigenvalue weighted by atomic mass is 10.00. The summed E-state index contributed by atoms with van der Waals surface area (Å²) in [6.07, 6.45) is 6.76. The van der Waals surface area contributed by atoms with Crippen molar-refractivity contribution in [2.24, 2.45) is 0 Å². The van der Waals surface area contributed by atoms with E-state index in [0.717, 1.165) is 44.9 Å². The Morgan fingerprint density at radius 1 is 1.00 bits per heavy atom. The van der Waals surface area contributed by atoms with Crippen molar-refractivity contribution in [3.8, 4) is 0 Å². The fourth-order valence-corrected chi connectivity index (χ4v) is 5.58. The fraction of sp³-hybridized carbons (Fsp3) is 0.619. The summed E-state index contributed by atoms with van der Waals surface area (Å²) < 4.78 is 32.0. The molecule has 1 atom stereocenters. The standard InChI is InChI=1S/C21H30N2O5S/c1-2-18-8-4-7-15-23(18)20(24)16-28-21(25)17-9-11-19(12-10-17)29(26,27)22-13-5-3-6-14-22/h9-12,18H,2-8,13-16H2,1H3/t18-/m0/s1. The largest absolute Gasteiger partial charge is 0.452 e. The number of carbonyl (C=O) groups is 2. The maximum atomic E-state index is 12.7. The lowest BCUT2D eigenvalue weighted by molar-refractivity contribution is -0.138. The van der Waals surface area contributed by atoms with Crippen LogP contribution in [0.25, 0.3) is 0 Å². The fourth-order valence-electron chi connectivity index (χ4n) is 4.06. The van der Waals surface area contributed by atoms with Crippen LogP contribution >= 0.6 is 0 Å². The monoisotopic (exact) mass is 422 g/mol. The molecule has 1 amide bonds. The number of piperidine rings is 2. The summed E-state index contributed by atoms with van der Waals surface area (Å²) in [4.78, 5) is 26.7. The third-order valence-corrected chi connectivity index (χ3v) is 7.70. The molecule has 2 saturated heterocycles. The summed E-state index contributed by atoms with van der Waals surface area (Å²) >= 11 is 0. The Balaban J connectivity index is 1.58. The van der Waals surface area contributed by atoms with E-state index in [-0.39, 0.29) is 29.0 Å². The Kier molecular flexibility index (Phi) is 7.29. The molecular weight excluding hydrogens is 392 g/mol. The van der Waals surface area contributed by atoms with Gasteiger partial charge in [-0.15, -0.1) is 0 Å². The Bertz CT molecular complexity index is 816. The van der Waals surface area contributed by atoms with Crippen LogP contribution in [-0.2, 0) is 19.6 Å². The minimum absolute atomic E-state index is 0.172. The summed E-state index contributed by atoms with van der Waals surface area (Å²) in [7, 11) is -3.53. The molecule has 0 bridgehead atoms. The highest BCUT2D eigenvalue weighted by Crippen LogP contribution is 2.22. The number of ether oxygens (including phenoxy) is 1. The van der Waals surface area contributed by atoms with Crippen LogP contribution < -0.4 is 0 Å². The predicted molar refractivity (Wildman–Crippen MR) is 109 cm³/mol. The normalized spacial score (nSPS) is 21.0. The molecular formula is C21H30N2O5S. The van der Waals surface area contributed by atoms with Gasteiger partial charge in [0.05, 0.1) is 10.5 Å². The molecule has 0 unspecified atom stereocenters. The number of rotatable bonds is 6. The lowest BCUT2D eigenvalue weighted by Gasteiger charge is -2.35. The number of benzene rings is 1. The molecule has 0 radical (unpaired) electrons. The van der Waals surface area contributed by atoms with Crippen LogP contribution in [0, 0.1) is 0 Å². The van der Waals surface area contributed by atoms with Crippen molar-refractivity contribution in [1.82, 2.24) is 9.21 Å². The number of hydrogen-bond acceptors (Lipinski definition) is 5. The molecule has 2 fully saturated rings. The first-order valence-corrected chi connectivity index (χ1v) is 11.9. The van der Waals surface area contributed by atoms with Crippen LogP contribution in [0.5, 0.6) is 0 Å². The first-order valence-electron chi connectivity index (χ1n) is 10.5. The van der Waals surface area contributed by atoms with Gasteiger partial charge in [-0.25, -0.2) is 13.2 Å². The van der Waals surface area contributed by atoms with Crippen LogP contribution in [0.4, 0.5) is 0 Å². The summed E-state index contributed by atoms with van der Waals surface area (Å²) in [5, 5.41) is 0. The van der Waals surface area contributed by atoms with Gasteiger partial charge in [0, 0.05) is 25.7 Å². The molecule has 2 aliphatic rings. The molecule has 2 aliphatic heterocycles. The molecule has 29 heavy (non-hydrogen) atoms. The first-order chi connectivity index (χ1) is 13.9. The zero-order valence-electron chi connectivity index (χ0n) is 17.0. The van der Waals surface area contributed by atoms with E-state index in [4.69, 9.17) is 4.74 Å². The van der Waals surface area contributed by atoms with E-state index in [2.05, 4.69) is 6.92 Å². The van der Waals surface area contributed by atoms with Gasteiger partial charge in [0.25, 0.3) is 5.91 Å². The number of nitrogens with zero attached hydrogens (tertiary/aromatic N) is 2. The van der Waals surface area contributed by atoms with Gasteiger partial charge in [0.1, 0.15) is 0 Å². The Hall–Kier alpha value is -1.93. The van der Waals surface area contributed by atoms with Gasteiger partial charge in [-0.2, -0.15) is 4.31 Å². The number of hydrogen-bond donors (Lipinski definition) is 0. The lowest BCUT2D eigenvalue weighted by Crippen LogP contribution is -2.45. The molecule has 8 heteroatoms. The van der Waals surface area contributed by atoms with E-state index >= 15 is 0 Å². The molecule has 1 aromatic carbocycles. The highest BCUT2D eigenvalue weighted by atomic mass is 32.2. The van der Waals surface area contributed by atoms with Gasteiger partial charge in [0.2, 0.25) is 10.0 Å². The van der Waals surface area contributed by atoms with E-state index in [9.17, 15) is 18.0 Å². The molecule has 7 nitrogen and oxygen atoms in total. The first kappa shape index (κ1) is 21.8. The molecule has 0 saturated carbocycles. The quantitative estimate of drug-likeness (QED) is 0.658. The van der Waals surface area contributed by atoms with Gasteiger partial charge in [-0.3, -0.25) is 4.79 Å². The van der Waals surface area contributed by atoms with E-state index in [1.807, 2.05) is 4.90 Å². The van der Waals surface area contributed by atoms with Crippen molar-refractivity contribution in [2.75, 3.05) is 26.2 Å². The van der Waals surface area contributed by atoms with Crippen molar-refractivity contribution in [3.63, 3.8) is 0 Å². The Labute approximate surface area is 173 Å². The van der Waals surface area contributed by atoms with Gasteiger partial charge >= 0.3 is 5.97 Å². The van der Waals surface area contributed by atoms with Crippen LogP contribution in [0.2, 0.25) is 0 Å². The second-order valence-electron chi connectivity index (χ2n) is 7.71. The number of amides is 1. The summed E-state index contributed by atoms with van der Waals surface area (Å²) in [6, 6.07) is 5.97. The maximum Gasteiger partial charge on any atom is 0.338 e. The second kappa shape index (κ2) is 9.71. The van der Waals surface area contributed by atoms with Crippen molar-refractivity contribution in [2.45, 2.75) is 62.8 Å². The van der Waals surface area contributed by atoms with Crippen LogP contribution in [0.1, 0.15) is 62.2 Å². The smallest absolute Gasteiger partial charge is 0.338 e. The molecule has 0 aromatic heterocycles. The van der Waals surface area contributed by atoms with Crippen molar-refractivity contribution in [1.29, 1.82) is 0 Å². The van der Waals surface area contributed by atoms with E-state index in [0.29, 0.717) is 19.6 Å². The van der Waals surface area contributed by atoms with Crippen LogP contribution in [-0.4, -0.2) is 61.8 Å². The number of carbonyl (C=O) groups excluding carboxylic acids is 2. The summed E-state index contributed by atoms with van der Waals surface area (Å²) in [6.45, 7) is 3.54. The molecule has 3 rings (SSSR count). The summed E-state index contributed by atoms with van der Waals surface area (Å²) in [5.74, 6) is -0.792. The van der Waals surface area contributed by atoms with Crippen LogP contribution in [0.3, 0.4) is 0 Å². The molecule has 0 aliphatic carbocycles. The van der Waals surface area contributed by atoms with Gasteiger partial charge in [0.15, 0.2) is 6.61 Å². The predicted octanol–water partition coefficient (Wildman–Crippen LogP) is 2.81. The number of likely N-dealkylation sites (tertiary alicyclic amines) is 1. The van der Waals surface area contributed by atoms with Crippen LogP contribution in [0.15, 0.2) is 29.2 Å². The summed E-state index contributed by atoms with van der Waals surface area (Å²) in [5.41, 5.74) is 0.237. The molecule has 0 N–H and O–H groups in total. The number of sulfonamides is 1. The average molecular weight is 423 g/mol. The maximum absolute atomic E-state index is 12.7. The Morgan fingerprint density at radius 2 is 1.66 bits per heavy atom. The third-order valence-electron chi connectivity index (χ3n) is 5.79. The van der Waals surface area contributed by atoms with Gasteiger partial charge in [-0.05, 0) is 62.8 Å². The third kappa shape index (κ3) is 5.17. The Morgan fingerprint density at radius 3 is 2.31 bits per heavy atom. The van der Waals surface area contributed by atoms with Crippen molar-refractivity contribution in [3.05, 3.63) is 29.8 Å². The molecule has 2 heterocycles. The SMILES string of the molecule is CC[C@H]1CCCCN1C(=O)COC(=O)c1ccc(S(=O)(=O)N2CCCCC2)cc1. The second-order valence-corrected chi connectivity index (χ2v) is 9.65. The average Bonchev–Trinajstić information content (AvgIpc) is 2.77. The van der Waals surface area contributed by atoms with Gasteiger partial charge < -0.3 is 9.64 Å². The number of esters is 1. The van der Waals surface area contributed by atoms with E-state index < -0.39 is 16.0 Å². The minimum Gasteiger partial charge on any atom is -0.452 e. The van der Waals surface area contributed by atoms with E-state index in [1.165, 1.54) is 28.6 Å². The van der Waals surface area contributed by atoms with Crippen molar-refractivity contribution < 1.29 is 22.7 Å². The zero-order chi connectivity index (χ0) is 20.9. The van der Waals surface area contributed by atoms with Crippen molar-refractivity contribution >= 4 is 21.9 Å². The minimum atomic E-state index is -3.53. The molecule has 160 valence electrons. The zero-order valence-corrected chi connectivity index (χ0v) is 17.8. The molecule has 1 aromatic rings. The molecule has 0 spiro atoms. The highest BCUT2D eigenvalue weighted by molar-refractivity contribution is 7.89. The highest BCUT2D eigenvalue weighted by Gasteiger charge is 2.27. The van der Waals surface area contributed by atoms with E-state index in [1.54, 1.807) is 0 Å². The topological polar surface area (TPSA) is 84.0 Å². The van der Waals surface area contributed by atoms with Gasteiger partial charge in [-0.1, -0.05) is 13.3 Å².